The molecule has 11 nitrogen and oxygen atoms in total. The number of amides is 2. The molecule has 2 heterocycles. The largest absolute Gasteiger partial charge is 0.384 e. The van der Waals surface area contributed by atoms with Crippen molar-refractivity contribution < 1.29 is 17.6 Å². The molecular weight excluding hydrogens is 535 g/mol. The first-order valence-corrected chi connectivity index (χ1v) is 13.6. The molecule has 0 saturated heterocycles. The van der Waals surface area contributed by atoms with Crippen molar-refractivity contribution in [3.05, 3.63) is 80.1 Å². The highest BCUT2D eigenvalue weighted by molar-refractivity contribution is 7.92. The average molecular weight is 561 g/mol. The van der Waals surface area contributed by atoms with Crippen LogP contribution in [0.1, 0.15) is 4.88 Å². The monoisotopic (exact) mass is 560 g/mol. The summed E-state index contributed by atoms with van der Waals surface area (Å²) in [5, 5.41) is 5.61. The Hall–Kier alpha value is -4.01. The Labute approximate surface area is 221 Å². The van der Waals surface area contributed by atoms with Gasteiger partial charge in [0.05, 0.1) is 16.6 Å². The molecule has 38 heavy (non-hydrogen) atoms. The minimum atomic E-state index is -4.10. The van der Waals surface area contributed by atoms with Crippen molar-refractivity contribution in [2.75, 3.05) is 37.8 Å². The second kappa shape index (κ2) is 10.8. The van der Waals surface area contributed by atoms with E-state index in [9.17, 15) is 22.8 Å². The van der Waals surface area contributed by atoms with Crippen LogP contribution in [0.5, 0.6) is 0 Å². The maximum atomic E-state index is 15.0. The van der Waals surface area contributed by atoms with Gasteiger partial charge in [0.1, 0.15) is 10.0 Å². The molecule has 4 N–H and O–H groups in total. The number of rotatable bonds is 8. The summed E-state index contributed by atoms with van der Waals surface area (Å²) in [7, 11) is -0.218. The number of urea groups is 1. The highest BCUT2D eigenvalue weighted by Crippen LogP contribution is 2.21. The van der Waals surface area contributed by atoms with Crippen molar-refractivity contribution >= 4 is 49.7 Å². The Morgan fingerprint density at radius 3 is 2.47 bits per heavy atom. The average Bonchev–Trinajstić information content (AvgIpc) is 3.27. The second-order valence-electron chi connectivity index (χ2n) is 8.65. The van der Waals surface area contributed by atoms with Crippen LogP contribution < -0.4 is 26.6 Å². The Balaban J connectivity index is 1.56. The number of benzene rings is 2. The molecule has 0 aliphatic carbocycles. The van der Waals surface area contributed by atoms with Gasteiger partial charge in [0.15, 0.2) is 0 Å². The van der Waals surface area contributed by atoms with Crippen LogP contribution in [-0.2, 0) is 10.0 Å². The highest BCUT2D eigenvalue weighted by Gasteiger charge is 2.20. The Bertz CT molecular complexity index is 1740. The molecule has 200 valence electrons. The fourth-order valence-corrected chi connectivity index (χ4v) is 5.81. The molecule has 0 saturated carbocycles. The Morgan fingerprint density at radius 2 is 1.82 bits per heavy atom. The number of sulfonamides is 1. The van der Waals surface area contributed by atoms with Crippen LogP contribution in [0, 0.1) is 12.7 Å². The van der Waals surface area contributed by atoms with E-state index in [1.165, 1.54) is 18.2 Å². The molecule has 0 spiro atoms. The van der Waals surface area contributed by atoms with Crippen LogP contribution in [0.3, 0.4) is 0 Å². The van der Waals surface area contributed by atoms with Gasteiger partial charge in [-0.25, -0.2) is 31.7 Å². The normalized spacial score (nSPS) is 11.6. The fraction of sp³-hybridized carbons (Fsp3) is 0.208. The number of carbonyl (C=O) groups is 1. The van der Waals surface area contributed by atoms with Gasteiger partial charge in [0.25, 0.3) is 15.6 Å². The summed E-state index contributed by atoms with van der Waals surface area (Å²) < 4.78 is 42.1. The van der Waals surface area contributed by atoms with Gasteiger partial charge in [0, 0.05) is 29.3 Å². The van der Waals surface area contributed by atoms with Crippen LogP contribution in [0.2, 0.25) is 0 Å². The van der Waals surface area contributed by atoms with Gasteiger partial charge in [-0.05, 0) is 69.6 Å². The van der Waals surface area contributed by atoms with Crippen molar-refractivity contribution in [1.82, 2.24) is 19.2 Å². The van der Waals surface area contributed by atoms with E-state index in [4.69, 9.17) is 0 Å². The van der Waals surface area contributed by atoms with Gasteiger partial charge in [-0.15, -0.1) is 11.3 Å². The topological polar surface area (TPSA) is 145 Å². The van der Waals surface area contributed by atoms with Crippen molar-refractivity contribution in [3.63, 3.8) is 0 Å². The smallest absolute Gasteiger partial charge is 0.333 e. The lowest BCUT2D eigenvalue weighted by molar-refractivity contribution is 0.256. The number of H-pyrrole nitrogens is 1. The molecule has 0 fully saturated rings. The van der Waals surface area contributed by atoms with E-state index in [0.717, 1.165) is 34.9 Å². The molecule has 0 radical (unpaired) electrons. The summed E-state index contributed by atoms with van der Waals surface area (Å²) in [6.07, 6.45) is 0. The van der Waals surface area contributed by atoms with Crippen LogP contribution >= 0.6 is 11.3 Å². The number of aryl methyl sites for hydroxylation is 1. The maximum Gasteiger partial charge on any atom is 0.333 e. The van der Waals surface area contributed by atoms with E-state index in [0.29, 0.717) is 22.3 Å². The number of carbonyl (C=O) groups excluding carboxylic acids is 1. The maximum absolute atomic E-state index is 15.0. The molecular formula is C24H25FN6O5S2. The first-order chi connectivity index (χ1) is 17.9. The predicted octanol–water partition coefficient (Wildman–Crippen LogP) is 2.67. The number of nitrogens with one attached hydrogen (secondary N) is 4. The molecule has 4 aromatic rings. The summed E-state index contributed by atoms with van der Waals surface area (Å²) in [6.45, 7) is 3.16. The number of nitrogens with zero attached hydrogens (tertiary/aromatic N) is 2. The molecule has 2 amide bonds. The first-order valence-electron chi connectivity index (χ1n) is 11.3. The summed E-state index contributed by atoms with van der Waals surface area (Å²) in [6, 6.07) is 9.99. The van der Waals surface area contributed by atoms with E-state index in [1.54, 1.807) is 25.1 Å². The molecule has 14 heteroatoms. The number of aromatic nitrogens is 2. The van der Waals surface area contributed by atoms with E-state index >= 15 is 4.39 Å². The zero-order valence-electron chi connectivity index (χ0n) is 20.7. The minimum absolute atomic E-state index is 0.0435. The van der Waals surface area contributed by atoms with Gasteiger partial charge in [-0.3, -0.25) is 4.79 Å². The summed E-state index contributed by atoms with van der Waals surface area (Å²) >= 11 is 0.993. The minimum Gasteiger partial charge on any atom is -0.384 e. The number of anilines is 2. The number of aromatic amines is 1. The van der Waals surface area contributed by atoms with Crippen molar-refractivity contribution in [3.8, 4) is 5.69 Å². The first kappa shape index (κ1) is 27.0. The second-order valence-corrected chi connectivity index (χ2v) is 11.8. The van der Waals surface area contributed by atoms with Crippen LogP contribution in [0.25, 0.3) is 16.6 Å². The molecule has 0 aliphatic rings. The molecule has 4 rings (SSSR count). The molecule has 0 unspecified atom stereocenters. The van der Waals surface area contributed by atoms with Gasteiger partial charge < -0.3 is 20.5 Å². The third-order valence-corrected chi connectivity index (χ3v) is 8.26. The predicted molar refractivity (Wildman–Crippen MR) is 146 cm³/mol. The molecule has 0 aliphatic heterocycles. The van der Waals surface area contributed by atoms with E-state index in [1.807, 2.05) is 23.7 Å². The molecule has 0 bridgehead atoms. The van der Waals surface area contributed by atoms with E-state index in [2.05, 4.69) is 15.6 Å². The lowest BCUT2D eigenvalue weighted by atomic mass is 10.2. The van der Waals surface area contributed by atoms with Gasteiger partial charge in [-0.1, -0.05) is 0 Å². The Morgan fingerprint density at radius 1 is 1.08 bits per heavy atom. The number of likely N-dealkylation sites (N-methyl/N-ethyl adjacent to an activating group) is 1. The summed E-state index contributed by atoms with van der Waals surface area (Å²) in [4.78, 5) is 43.4. The fourth-order valence-electron chi connectivity index (χ4n) is 3.62. The van der Waals surface area contributed by atoms with Crippen molar-refractivity contribution in [1.29, 1.82) is 0 Å². The quantitative estimate of drug-likeness (QED) is 0.259. The zero-order chi connectivity index (χ0) is 27.6. The van der Waals surface area contributed by atoms with Gasteiger partial charge >= 0.3 is 11.7 Å². The number of hydrogen-bond donors (Lipinski definition) is 4. The number of fused-ring (bicyclic) bond motifs is 1. The number of halogens is 1. The third-order valence-electron chi connectivity index (χ3n) is 5.44. The number of thiophene rings is 1. The third kappa shape index (κ3) is 5.93. The number of hydrogen-bond acceptors (Lipinski definition) is 8. The zero-order valence-corrected chi connectivity index (χ0v) is 22.3. The van der Waals surface area contributed by atoms with Crippen LogP contribution in [-0.4, -0.2) is 56.1 Å². The SMILES string of the molecule is Cc1ccc(S(=O)(=O)NC(=O)Nc2ccc(-n3c(=O)[nH]c4cc(NCCN(C)C)ccc4c3=O)c(F)c2)s1. The highest BCUT2D eigenvalue weighted by atomic mass is 32.2. The van der Waals surface area contributed by atoms with E-state index < -0.39 is 33.1 Å². The Kier molecular flexibility index (Phi) is 7.66. The van der Waals surface area contributed by atoms with Crippen LogP contribution in [0.4, 0.5) is 20.6 Å². The van der Waals surface area contributed by atoms with Crippen molar-refractivity contribution in [2.45, 2.75) is 11.1 Å². The lowest BCUT2D eigenvalue weighted by Gasteiger charge is -2.13. The molecule has 0 atom stereocenters. The van der Waals surface area contributed by atoms with Gasteiger partial charge in [-0.2, -0.15) is 0 Å². The van der Waals surface area contributed by atoms with E-state index in [-0.39, 0.29) is 21.0 Å². The van der Waals surface area contributed by atoms with Gasteiger partial charge in [0.2, 0.25) is 0 Å². The molecule has 2 aromatic carbocycles. The summed E-state index contributed by atoms with van der Waals surface area (Å²) in [5.41, 5.74) is -0.980. The lowest BCUT2D eigenvalue weighted by Crippen LogP contribution is -2.35. The van der Waals surface area contributed by atoms with Crippen LogP contribution in [0.15, 0.2) is 62.3 Å². The standard InChI is InChI=1S/C24H25FN6O5S2/c1-14-4-9-21(37-14)38(35,36)29-23(33)27-16-6-8-20(18(25)12-16)31-22(32)17-7-5-15(26-10-11-30(2)3)13-19(17)28-24(31)34/h4-9,12-13,26H,10-11H2,1-3H3,(H,28,34)(H2,27,29,33). The van der Waals surface area contributed by atoms with Crippen molar-refractivity contribution in [2.24, 2.45) is 0 Å². The summed E-state index contributed by atoms with van der Waals surface area (Å²) in [5.74, 6) is -0.978. The molecule has 2 aromatic heterocycles.